The van der Waals surface area contributed by atoms with Crippen molar-refractivity contribution in [2.75, 3.05) is 25.0 Å². The number of fused-ring (bicyclic) bond motifs is 2. The van der Waals surface area contributed by atoms with Gasteiger partial charge in [0.25, 0.3) is 0 Å². The van der Waals surface area contributed by atoms with E-state index in [1.807, 2.05) is 11.8 Å². The van der Waals surface area contributed by atoms with Crippen LogP contribution in [0, 0.1) is 5.41 Å². The molecule has 5 rings (SSSR count). The number of anilines is 2. The van der Waals surface area contributed by atoms with Gasteiger partial charge in [0.15, 0.2) is 0 Å². The van der Waals surface area contributed by atoms with Crippen LogP contribution in [0.4, 0.5) is 11.4 Å². The van der Waals surface area contributed by atoms with Gasteiger partial charge < -0.3 is 10.2 Å². The lowest BCUT2D eigenvalue weighted by Gasteiger charge is -2.28. The Morgan fingerprint density at radius 2 is 1.69 bits per heavy atom. The molecule has 1 N–H and O–H groups in total. The molecule has 2 aromatic rings. The minimum Gasteiger partial charge on any atom is -0.354 e. The Hall–Kier alpha value is -1.16. The summed E-state index contributed by atoms with van der Waals surface area (Å²) >= 11 is 1.88. The molecule has 3 aliphatic rings. The van der Waals surface area contributed by atoms with Crippen molar-refractivity contribution in [3.63, 3.8) is 0 Å². The fourth-order valence-electron chi connectivity index (χ4n) is 5.45. The summed E-state index contributed by atoms with van der Waals surface area (Å²) in [4.78, 5) is 5.43. The minimum atomic E-state index is 0. The largest absolute Gasteiger partial charge is 0.354 e. The number of nitrogens with zero attached hydrogens (tertiary/aromatic N) is 1. The summed E-state index contributed by atoms with van der Waals surface area (Å²) in [5.41, 5.74) is 4.66. The van der Waals surface area contributed by atoms with E-state index in [4.69, 9.17) is 0 Å². The number of para-hydroxylation sites is 1. The Balaban J connectivity index is 0.00000205. The molecule has 0 unspecified atom stereocenters. The zero-order chi connectivity index (χ0) is 18.8. The van der Waals surface area contributed by atoms with Gasteiger partial charge in [-0.15, -0.1) is 12.4 Å². The van der Waals surface area contributed by atoms with Crippen LogP contribution in [-0.4, -0.2) is 24.5 Å². The molecule has 156 valence electrons. The van der Waals surface area contributed by atoms with Gasteiger partial charge in [0.05, 0.1) is 11.4 Å². The van der Waals surface area contributed by atoms with Gasteiger partial charge in [-0.3, -0.25) is 0 Å². The van der Waals surface area contributed by atoms with E-state index in [0.717, 1.165) is 0 Å². The Morgan fingerprint density at radius 3 is 2.55 bits per heavy atom. The van der Waals surface area contributed by atoms with Gasteiger partial charge in [-0.25, -0.2) is 0 Å². The molecular weight excluding hydrogens is 396 g/mol. The van der Waals surface area contributed by atoms with Crippen molar-refractivity contribution in [1.29, 1.82) is 0 Å². The Labute approximate surface area is 186 Å². The molecule has 2 fully saturated rings. The van der Waals surface area contributed by atoms with E-state index in [-0.39, 0.29) is 12.4 Å². The average molecular weight is 429 g/mol. The van der Waals surface area contributed by atoms with Crippen molar-refractivity contribution in [2.24, 2.45) is 5.41 Å². The summed E-state index contributed by atoms with van der Waals surface area (Å²) in [6, 6.07) is 15.6. The molecule has 1 saturated heterocycles. The minimum absolute atomic E-state index is 0. The molecule has 2 nitrogen and oxygen atoms in total. The molecule has 2 aliphatic heterocycles. The van der Waals surface area contributed by atoms with Crippen LogP contribution in [0.5, 0.6) is 0 Å². The zero-order valence-electron chi connectivity index (χ0n) is 17.3. The number of rotatable bonds is 4. The normalized spacial score (nSPS) is 20.3. The number of hydrogen-bond acceptors (Lipinski definition) is 3. The molecule has 2 aromatic carbocycles. The molecule has 29 heavy (non-hydrogen) atoms. The maximum Gasteiger partial charge on any atom is 0.0529 e. The standard InChI is InChI=1S/C25H32N2S.ClH/c1-2-6-14-25(13-5-1)15-17-27(19-25)16-7-8-20-11-12-24-22(18-20)26-21-9-3-4-10-23(21)28-24;/h3-4,9-12,18,26H,1-2,5-8,13-17,19H2;1H. The molecule has 0 bridgehead atoms. The van der Waals surface area contributed by atoms with E-state index in [1.165, 1.54) is 104 Å². The summed E-state index contributed by atoms with van der Waals surface area (Å²) < 4.78 is 0. The van der Waals surface area contributed by atoms with Gasteiger partial charge in [0.1, 0.15) is 0 Å². The molecular formula is C25H33ClN2S. The number of halogens is 1. The predicted octanol–water partition coefficient (Wildman–Crippen LogP) is 7.30. The van der Waals surface area contributed by atoms with Gasteiger partial charge in [0.2, 0.25) is 0 Å². The second-order valence-corrected chi connectivity index (χ2v) is 10.2. The maximum atomic E-state index is 3.63. The third-order valence-corrected chi connectivity index (χ3v) is 8.19. The lowest BCUT2D eigenvalue weighted by atomic mass is 9.80. The number of aryl methyl sites for hydroxylation is 1. The van der Waals surface area contributed by atoms with Crippen LogP contribution in [-0.2, 0) is 6.42 Å². The molecule has 4 heteroatoms. The number of benzene rings is 2. The van der Waals surface area contributed by atoms with E-state index in [0.29, 0.717) is 5.41 Å². The van der Waals surface area contributed by atoms with Crippen molar-refractivity contribution in [2.45, 2.75) is 67.6 Å². The SMILES string of the molecule is Cl.c1ccc2c(c1)Nc1cc(CCCN3CCC4(CCCCCC4)C3)ccc1S2. The van der Waals surface area contributed by atoms with E-state index >= 15 is 0 Å². The van der Waals surface area contributed by atoms with Crippen molar-refractivity contribution >= 4 is 35.5 Å². The molecule has 1 spiro atoms. The summed E-state index contributed by atoms with van der Waals surface area (Å²) in [5.74, 6) is 0. The third-order valence-electron chi connectivity index (χ3n) is 7.04. The lowest BCUT2D eigenvalue weighted by Crippen LogP contribution is -2.28. The van der Waals surface area contributed by atoms with E-state index < -0.39 is 0 Å². The van der Waals surface area contributed by atoms with E-state index in [2.05, 4.69) is 52.7 Å². The Kier molecular flexibility index (Phi) is 6.78. The quantitative estimate of drug-likeness (QED) is 0.469. The topological polar surface area (TPSA) is 15.3 Å². The molecule has 1 saturated carbocycles. The van der Waals surface area contributed by atoms with Crippen molar-refractivity contribution in [3.05, 3.63) is 48.0 Å². The van der Waals surface area contributed by atoms with Crippen LogP contribution in [0.15, 0.2) is 52.3 Å². The van der Waals surface area contributed by atoms with E-state index in [9.17, 15) is 0 Å². The Morgan fingerprint density at radius 1 is 0.897 bits per heavy atom. The van der Waals surface area contributed by atoms with Crippen LogP contribution < -0.4 is 5.32 Å². The van der Waals surface area contributed by atoms with Crippen molar-refractivity contribution < 1.29 is 0 Å². The highest BCUT2D eigenvalue weighted by atomic mass is 35.5. The van der Waals surface area contributed by atoms with Crippen LogP contribution in [0.3, 0.4) is 0 Å². The number of hydrogen-bond donors (Lipinski definition) is 1. The van der Waals surface area contributed by atoms with E-state index in [1.54, 1.807) is 0 Å². The highest BCUT2D eigenvalue weighted by molar-refractivity contribution is 7.99. The van der Waals surface area contributed by atoms with Gasteiger partial charge in [-0.05, 0) is 80.4 Å². The van der Waals surface area contributed by atoms with Crippen molar-refractivity contribution in [3.8, 4) is 0 Å². The number of nitrogens with one attached hydrogen (secondary N) is 1. The Bertz CT molecular complexity index is 829. The van der Waals surface area contributed by atoms with Crippen LogP contribution in [0.1, 0.15) is 56.9 Å². The highest BCUT2D eigenvalue weighted by Gasteiger charge is 2.37. The van der Waals surface area contributed by atoms with Crippen LogP contribution in [0.2, 0.25) is 0 Å². The number of likely N-dealkylation sites (tertiary alicyclic amines) is 1. The first-order chi connectivity index (χ1) is 13.8. The third kappa shape index (κ3) is 4.78. The van der Waals surface area contributed by atoms with Crippen LogP contribution >= 0.6 is 24.2 Å². The summed E-state index contributed by atoms with van der Waals surface area (Å²) in [7, 11) is 0. The molecule has 0 amide bonds. The first-order valence-electron chi connectivity index (χ1n) is 11.2. The fraction of sp³-hybridized carbons (Fsp3) is 0.520. The molecule has 0 aromatic heterocycles. The molecule has 0 atom stereocenters. The summed E-state index contributed by atoms with van der Waals surface area (Å²) in [6.45, 7) is 3.97. The first-order valence-corrected chi connectivity index (χ1v) is 12.0. The van der Waals surface area contributed by atoms with Gasteiger partial charge in [-0.2, -0.15) is 0 Å². The maximum absolute atomic E-state index is 3.63. The summed E-state index contributed by atoms with van der Waals surface area (Å²) in [6.07, 6.45) is 12.8. The fourth-order valence-corrected chi connectivity index (χ4v) is 6.42. The predicted molar refractivity (Wildman–Crippen MR) is 127 cm³/mol. The molecule has 2 heterocycles. The monoisotopic (exact) mass is 428 g/mol. The second-order valence-electron chi connectivity index (χ2n) is 9.10. The smallest absolute Gasteiger partial charge is 0.0529 e. The van der Waals surface area contributed by atoms with Crippen molar-refractivity contribution in [1.82, 2.24) is 4.90 Å². The van der Waals surface area contributed by atoms with Gasteiger partial charge in [-0.1, -0.05) is 55.6 Å². The van der Waals surface area contributed by atoms with Gasteiger partial charge >= 0.3 is 0 Å². The highest BCUT2D eigenvalue weighted by Crippen LogP contribution is 2.44. The van der Waals surface area contributed by atoms with Crippen LogP contribution in [0.25, 0.3) is 0 Å². The summed E-state index contributed by atoms with van der Waals surface area (Å²) in [5, 5.41) is 3.63. The molecule has 1 aliphatic carbocycles. The van der Waals surface area contributed by atoms with Gasteiger partial charge in [0, 0.05) is 16.3 Å². The average Bonchev–Trinajstić information content (AvgIpc) is 2.97. The lowest BCUT2D eigenvalue weighted by molar-refractivity contribution is 0.227. The first kappa shape index (κ1) is 21.1. The second kappa shape index (κ2) is 9.32. The molecule has 0 radical (unpaired) electrons. The zero-order valence-corrected chi connectivity index (χ0v) is 18.9.